The molecule has 0 spiro atoms. The van der Waals surface area contributed by atoms with Crippen LogP contribution in [0.25, 0.3) is 0 Å². The molecule has 0 bridgehead atoms. The van der Waals surface area contributed by atoms with Gasteiger partial charge in [-0.1, -0.05) is 24.3 Å². The highest BCUT2D eigenvalue weighted by molar-refractivity contribution is 5.94. The molecule has 132 valence electrons. The molecule has 5 heteroatoms. The van der Waals surface area contributed by atoms with E-state index < -0.39 is 0 Å². The molecule has 4 rings (SSSR count). The van der Waals surface area contributed by atoms with Crippen molar-refractivity contribution < 1.29 is 4.79 Å². The maximum absolute atomic E-state index is 12.4. The van der Waals surface area contributed by atoms with Gasteiger partial charge in [-0.15, -0.1) is 0 Å². The molecular weight excluding hydrogens is 312 g/mol. The Morgan fingerprint density at radius 2 is 2.24 bits per heavy atom. The summed E-state index contributed by atoms with van der Waals surface area (Å²) in [5.74, 6) is 0.584. The molecule has 0 radical (unpaired) electrons. The first-order valence-corrected chi connectivity index (χ1v) is 9.34. The van der Waals surface area contributed by atoms with Crippen LogP contribution in [0.1, 0.15) is 51.6 Å². The quantitative estimate of drug-likeness (QED) is 0.880. The van der Waals surface area contributed by atoms with Gasteiger partial charge in [0, 0.05) is 30.9 Å². The predicted molar refractivity (Wildman–Crippen MR) is 97.9 cm³/mol. The van der Waals surface area contributed by atoms with Gasteiger partial charge in [-0.2, -0.15) is 5.10 Å². The molecule has 0 unspecified atom stereocenters. The maximum atomic E-state index is 12.4. The summed E-state index contributed by atoms with van der Waals surface area (Å²) in [6.45, 7) is 5.97. The summed E-state index contributed by atoms with van der Waals surface area (Å²) in [7, 11) is 0. The lowest BCUT2D eigenvalue weighted by Crippen LogP contribution is -2.34. The van der Waals surface area contributed by atoms with Crippen molar-refractivity contribution >= 4 is 5.91 Å². The number of benzene rings is 1. The summed E-state index contributed by atoms with van der Waals surface area (Å²) < 4.78 is 0. The van der Waals surface area contributed by atoms with Crippen molar-refractivity contribution in [3.63, 3.8) is 0 Å². The maximum Gasteiger partial charge on any atom is 0.272 e. The minimum absolute atomic E-state index is 0.0333. The zero-order valence-electron chi connectivity index (χ0n) is 14.8. The first-order valence-electron chi connectivity index (χ1n) is 9.34. The van der Waals surface area contributed by atoms with Gasteiger partial charge < -0.3 is 10.2 Å². The summed E-state index contributed by atoms with van der Waals surface area (Å²) in [5, 5.41) is 10.3. The number of hydrogen-bond donors (Lipinski definition) is 2. The lowest BCUT2D eigenvalue weighted by Gasteiger charge is -2.17. The van der Waals surface area contributed by atoms with Crippen LogP contribution in [0.2, 0.25) is 0 Å². The van der Waals surface area contributed by atoms with E-state index in [-0.39, 0.29) is 5.91 Å². The average Bonchev–Trinajstić information content (AvgIpc) is 3.31. The first kappa shape index (κ1) is 16.3. The fourth-order valence-corrected chi connectivity index (χ4v) is 4.25. The van der Waals surface area contributed by atoms with Gasteiger partial charge in [0.25, 0.3) is 5.91 Å². The summed E-state index contributed by atoms with van der Waals surface area (Å²) >= 11 is 0. The largest absolute Gasteiger partial charge is 0.349 e. The third-order valence-corrected chi connectivity index (χ3v) is 5.64. The van der Waals surface area contributed by atoms with Gasteiger partial charge in [-0.05, 0) is 56.2 Å². The molecular formula is C20H26N4O. The monoisotopic (exact) mass is 338 g/mol. The van der Waals surface area contributed by atoms with E-state index in [1.807, 2.05) is 0 Å². The average molecular weight is 338 g/mol. The molecule has 1 saturated heterocycles. The number of carbonyl (C=O) groups is 1. The Morgan fingerprint density at radius 3 is 3.12 bits per heavy atom. The first-order chi connectivity index (χ1) is 12.2. The number of H-pyrrole nitrogens is 1. The molecule has 1 fully saturated rings. The summed E-state index contributed by atoms with van der Waals surface area (Å²) in [5.41, 5.74) is 5.73. The van der Waals surface area contributed by atoms with Crippen LogP contribution in [-0.2, 0) is 12.8 Å². The van der Waals surface area contributed by atoms with Crippen molar-refractivity contribution in [1.29, 1.82) is 0 Å². The van der Waals surface area contributed by atoms with Gasteiger partial charge in [-0.3, -0.25) is 9.89 Å². The van der Waals surface area contributed by atoms with Crippen LogP contribution < -0.4 is 5.32 Å². The van der Waals surface area contributed by atoms with Crippen molar-refractivity contribution in [1.82, 2.24) is 20.4 Å². The number of likely N-dealkylation sites (tertiary alicyclic amines) is 1. The molecule has 1 aromatic carbocycles. The molecule has 1 amide bonds. The number of carbonyl (C=O) groups excluding carboxylic acids is 1. The van der Waals surface area contributed by atoms with Crippen LogP contribution in [0.4, 0.5) is 0 Å². The van der Waals surface area contributed by atoms with Gasteiger partial charge in [0.15, 0.2) is 5.69 Å². The lowest BCUT2D eigenvalue weighted by atomic mass is 9.94. The molecule has 25 heavy (non-hydrogen) atoms. The van der Waals surface area contributed by atoms with Crippen LogP contribution in [0.5, 0.6) is 0 Å². The number of aryl methyl sites for hydroxylation is 2. The summed E-state index contributed by atoms with van der Waals surface area (Å²) in [6, 6.07) is 8.68. The second-order valence-corrected chi connectivity index (χ2v) is 7.28. The normalized spacial score (nSPS) is 20.0. The molecule has 1 atom stereocenters. The van der Waals surface area contributed by atoms with Crippen LogP contribution in [0.3, 0.4) is 0 Å². The molecule has 2 aliphatic rings. The zero-order chi connectivity index (χ0) is 17.2. The Morgan fingerprint density at radius 1 is 1.36 bits per heavy atom. The fourth-order valence-electron chi connectivity index (χ4n) is 4.25. The molecule has 1 aliphatic carbocycles. The lowest BCUT2D eigenvalue weighted by molar-refractivity contribution is 0.0944. The molecule has 1 aliphatic heterocycles. The SMILES string of the molecule is Cc1ccccc1[C@H]1CCN(CCNC(=O)c2n[nH]c3c2CCC3)C1. The third-order valence-electron chi connectivity index (χ3n) is 5.64. The highest BCUT2D eigenvalue weighted by Crippen LogP contribution is 2.29. The van der Waals surface area contributed by atoms with E-state index in [2.05, 4.69) is 51.6 Å². The van der Waals surface area contributed by atoms with Crippen LogP contribution in [0, 0.1) is 6.92 Å². The van der Waals surface area contributed by atoms with Crippen LogP contribution >= 0.6 is 0 Å². The van der Waals surface area contributed by atoms with Crippen molar-refractivity contribution in [3.05, 3.63) is 52.3 Å². The van der Waals surface area contributed by atoms with E-state index in [0.717, 1.165) is 50.2 Å². The van der Waals surface area contributed by atoms with E-state index in [1.165, 1.54) is 17.5 Å². The Hall–Kier alpha value is -2.14. The van der Waals surface area contributed by atoms with Gasteiger partial charge in [0.1, 0.15) is 0 Å². The van der Waals surface area contributed by atoms with Crippen LogP contribution in [0.15, 0.2) is 24.3 Å². The Bertz CT molecular complexity index is 767. The van der Waals surface area contributed by atoms with Crippen molar-refractivity contribution in [3.8, 4) is 0 Å². The predicted octanol–water partition coefficient (Wildman–Crippen LogP) is 2.43. The van der Waals surface area contributed by atoms with E-state index in [1.54, 1.807) is 0 Å². The van der Waals surface area contributed by atoms with Gasteiger partial charge in [0.05, 0.1) is 0 Å². The molecule has 5 nitrogen and oxygen atoms in total. The minimum Gasteiger partial charge on any atom is -0.349 e. The smallest absolute Gasteiger partial charge is 0.272 e. The summed E-state index contributed by atoms with van der Waals surface area (Å²) in [4.78, 5) is 14.8. The second-order valence-electron chi connectivity index (χ2n) is 7.28. The molecule has 1 aromatic heterocycles. The van der Waals surface area contributed by atoms with E-state index in [9.17, 15) is 4.79 Å². The Kier molecular flexibility index (Phi) is 4.57. The van der Waals surface area contributed by atoms with Crippen molar-refractivity contribution in [2.45, 2.75) is 38.5 Å². The second kappa shape index (κ2) is 7.00. The number of rotatable bonds is 5. The van der Waals surface area contributed by atoms with E-state index in [0.29, 0.717) is 18.2 Å². The van der Waals surface area contributed by atoms with Gasteiger partial charge >= 0.3 is 0 Å². The number of hydrogen-bond acceptors (Lipinski definition) is 3. The molecule has 2 aromatic rings. The van der Waals surface area contributed by atoms with Crippen molar-refractivity contribution in [2.24, 2.45) is 0 Å². The number of fused-ring (bicyclic) bond motifs is 1. The molecule has 2 N–H and O–H groups in total. The molecule has 0 saturated carbocycles. The number of aromatic nitrogens is 2. The zero-order valence-corrected chi connectivity index (χ0v) is 14.8. The Labute approximate surface area is 148 Å². The fraction of sp³-hybridized carbons (Fsp3) is 0.500. The van der Waals surface area contributed by atoms with E-state index in [4.69, 9.17) is 0 Å². The number of nitrogens with zero attached hydrogens (tertiary/aromatic N) is 2. The number of nitrogens with one attached hydrogen (secondary N) is 2. The number of aromatic amines is 1. The van der Waals surface area contributed by atoms with Gasteiger partial charge in [0.2, 0.25) is 0 Å². The minimum atomic E-state index is -0.0333. The highest BCUT2D eigenvalue weighted by atomic mass is 16.1. The Balaban J connectivity index is 1.27. The third kappa shape index (κ3) is 3.33. The topological polar surface area (TPSA) is 61.0 Å². The summed E-state index contributed by atoms with van der Waals surface area (Å²) in [6.07, 6.45) is 4.31. The van der Waals surface area contributed by atoms with Crippen LogP contribution in [-0.4, -0.2) is 47.2 Å². The standard InChI is InChI=1S/C20H26N4O/c1-14-5-2-3-6-16(14)15-9-11-24(13-15)12-10-21-20(25)19-17-7-4-8-18(17)22-23-19/h2-3,5-6,15H,4,7-13H2,1H3,(H,21,25)(H,22,23)/t15-/m0/s1. The van der Waals surface area contributed by atoms with Crippen molar-refractivity contribution in [2.75, 3.05) is 26.2 Å². The highest BCUT2D eigenvalue weighted by Gasteiger charge is 2.25. The number of amides is 1. The molecule has 2 heterocycles. The van der Waals surface area contributed by atoms with E-state index >= 15 is 0 Å². The van der Waals surface area contributed by atoms with Gasteiger partial charge in [-0.25, -0.2) is 0 Å².